The van der Waals surface area contributed by atoms with E-state index in [2.05, 4.69) is 17.2 Å². The van der Waals surface area contributed by atoms with Crippen LogP contribution in [0.2, 0.25) is 0 Å². The van der Waals surface area contributed by atoms with Crippen LogP contribution in [0.5, 0.6) is 0 Å². The number of aromatic nitrogens is 1. The predicted molar refractivity (Wildman–Crippen MR) is 87.5 cm³/mol. The van der Waals surface area contributed by atoms with Crippen LogP contribution in [0, 0.1) is 0 Å². The van der Waals surface area contributed by atoms with Gasteiger partial charge in [-0.15, -0.1) is 0 Å². The van der Waals surface area contributed by atoms with Crippen molar-refractivity contribution in [3.05, 3.63) is 17.8 Å². The largest absolute Gasteiger partial charge is 0.446 e. The number of rotatable bonds is 10. The van der Waals surface area contributed by atoms with Gasteiger partial charge in [0.05, 0.1) is 6.04 Å². The number of nitrogens with one attached hydrogen (secondary N) is 1. The third-order valence-electron chi connectivity index (χ3n) is 3.32. The molecule has 0 saturated heterocycles. The van der Waals surface area contributed by atoms with Crippen molar-refractivity contribution in [3.8, 4) is 0 Å². The van der Waals surface area contributed by atoms with Gasteiger partial charge in [0.15, 0.2) is 5.69 Å². The second-order valence-corrected chi connectivity index (χ2v) is 6.31. The van der Waals surface area contributed by atoms with Crippen LogP contribution >= 0.6 is 11.8 Å². The molecule has 6 heteroatoms. The number of hydrogen-bond donors (Lipinski definition) is 2. The van der Waals surface area contributed by atoms with Crippen molar-refractivity contribution < 1.29 is 9.21 Å². The van der Waals surface area contributed by atoms with Gasteiger partial charge in [0.25, 0.3) is 5.91 Å². The van der Waals surface area contributed by atoms with Gasteiger partial charge in [-0.05, 0) is 31.8 Å². The van der Waals surface area contributed by atoms with E-state index >= 15 is 0 Å². The van der Waals surface area contributed by atoms with E-state index in [4.69, 9.17) is 10.2 Å². The lowest BCUT2D eigenvalue weighted by Crippen LogP contribution is -2.32. The molecule has 3 N–H and O–H groups in total. The molecule has 0 spiro atoms. The highest BCUT2D eigenvalue weighted by Crippen LogP contribution is 2.15. The summed E-state index contributed by atoms with van der Waals surface area (Å²) in [5.74, 6) is 1.19. The zero-order chi connectivity index (χ0) is 15.7. The van der Waals surface area contributed by atoms with Crippen molar-refractivity contribution in [2.24, 2.45) is 5.73 Å². The van der Waals surface area contributed by atoms with E-state index in [9.17, 15) is 4.79 Å². The first kappa shape index (κ1) is 18.0. The Morgan fingerprint density at radius 2 is 2.24 bits per heavy atom. The zero-order valence-corrected chi connectivity index (χ0v) is 14.0. The molecule has 1 rings (SSSR count). The van der Waals surface area contributed by atoms with Gasteiger partial charge in [0, 0.05) is 6.04 Å². The molecule has 0 bridgehead atoms. The highest BCUT2D eigenvalue weighted by molar-refractivity contribution is 7.98. The standard InChI is InChI=1S/C15H27N3O2S/c1-4-5-6-7-11(2)17-14(19)13-10-20-15(18-13)12(16)8-9-21-3/h10-12H,4-9,16H2,1-3H3,(H,17,19). The Bertz CT molecular complexity index is 423. The lowest BCUT2D eigenvalue weighted by atomic mass is 10.1. The molecule has 21 heavy (non-hydrogen) atoms. The number of oxazole rings is 1. The molecule has 2 atom stereocenters. The number of amides is 1. The lowest BCUT2D eigenvalue weighted by Gasteiger charge is -2.12. The van der Waals surface area contributed by atoms with Gasteiger partial charge in [-0.25, -0.2) is 4.98 Å². The molecule has 0 fully saturated rings. The smallest absolute Gasteiger partial charge is 0.273 e. The fraction of sp³-hybridized carbons (Fsp3) is 0.733. The molecule has 120 valence electrons. The van der Waals surface area contributed by atoms with Gasteiger partial charge in [-0.1, -0.05) is 26.2 Å². The number of unbranched alkanes of at least 4 members (excludes halogenated alkanes) is 2. The van der Waals surface area contributed by atoms with Crippen LogP contribution in [0.3, 0.4) is 0 Å². The summed E-state index contributed by atoms with van der Waals surface area (Å²) in [7, 11) is 0. The van der Waals surface area contributed by atoms with Crippen LogP contribution < -0.4 is 11.1 Å². The number of nitrogens with two attached hydrogens (primary N) is 1. The molecule has 1 amide bonds. The van der Waals surface area contributed by atoms with E-state index in [-0.39, 0.29) is 18.0 Å². The maximum atomic E-state index is 12.1. The molecule has 0 radical (unpaired) electrons. The molecule has 2 unspecified atom stereocenters. The summed E-state index contributed by atoms with van der Waals surface area (Å²) < 4.78 is 5.32. The van der Waals surface area contributed by atoms with Gasteiger partial charge < -0.3 is 15.5 Å². The van der Waals surface area contributed by atoms with Crippen LogP contribution in [-0.4, -0.2) is 28.9 Å². The molecule has 5 nitrogen and oxygen atoms in total. The van der Waals surface area contributed by atoms with Gasteiger partial charge in [0.1, 0.15) is 6.26 Å². The highest BCUT2D eigenvalue weighted by atomic mass is 32.2. The van der Waals surface area contributed by atoms with Crippen molar-refractivity contribution in [2.75, 3.05) is 12.0 Å². The maximum absolute atomic E-state index is 12.1. The van der Waals surface area contributed by atoms with Crippen molar-refractivity contribution in [1.29, 1.82) is 0 Å². The first-order valence-corrected chi connectivity index (χ1v) is 8.98. The van der Waals surface area contributed by atoms with Gasteiger partial charge in [0.2, 0.25) is 5.89 Å². The Hall–Kier alpha value is -1.01. The van der Waals surface area contributed by atoms with Crippen LogP contribution in [0.1, 0.15) is 68.4 Å². The molecule has 0 aromatic carbocycles. The molecular formula is C15H27N3O2S. The summed E-state index contributed by atoms with van der Waals surface area (Å²) in [5, 5.41) is 2.94. The van der Waals surface area contributed by atoms with E-state index in [0.29, 0.717) is 11.6 Å². The van der Waals surface area contributed by atoms with Gasteiger partial charge >= 0.3 is 0 Å². The number of thioether (sulfide) groups is 1. The summed E-state index contributed by atoms with van der Waals surface area (Å²) in [4.78, 5) is 16.3. The minimum absolute atomic E-state index is 0.148. The minimum atomic E-state index is -0.249. The maximum Gasteiger partial charge on any atom is 0.273 e. The Labute approximate surface area is 131 Å². The van der Waals surface area contributed by atoms with Crippen molar-refractivity contribution >= 4 is 17.7 Å². The topological polar surface area (TPSA) is 81.2 Å². The van der Waals surface area contributed by atoms with Crippen LogP contribution in [0.4, 0.5) is 0 Å². The SMILES string of the molecule is CCCCCC(C)NC(=O)c1coc(C(N)CCSC)n1. The summed E-state index contributed by atoms with van der Waals surface area (Å²) in [5.41, 5.74) is 6.29. The highest BCUT2D eigenvalue weighted by Gasteiger charge is 2.17. The average Bonchev–Trinajstić information content (AvgIpc) is 2.95. The van der Waals surface area contributed by atoms with Crippen LogP contribution in [-0.2, 0) is 0 Å². The summed E-state index contributed by atoms with van der Waals surface area (Å²) >= 11 is 1.73. The first-order chi connectivity index (χ1) is 10.1. The molecule has 0 aliphatic carbocycles. The second-order valence-electron chi connectivity index (χ2n) is 5.33. The normalized spacial score (nSPS) is 13.9. The summed E-state index contributed by atoms with van der Waals surface area (Å²) in [6, 6.07) is -0.102. The number of nitrogens with zero attached hydrogens (tertiary/aromatic N) is 1. The quantitative estimate of drug-likeness (QED) is 0.649. The molecule has 0 aliphatic heterocycles. The van der Waals surface area contributed by atoms with Crippen LogP contribution in [0.25, 0.3) is 0 Å². The first-order valence-electron chi connectivity index (χ1n) is 7.59. The number of carbonyl (C=O) groups excluding carboxylic acids is 1. The van der Waals surface area contributed by atoms with E-state index in [0.717, 1.165) is 25.0 Å². The second kappa shape index (κ2) is 9.84. The molecule has 1 heterocycles. The Morgan fingerprint density at radius 1 is 1.48 bits per heavy atom. The van der Waals surface area contributed by atoms with Crippen molar-refractivity contribution in [3.63, 3.8) is 0 Å². The third-order valence-corrected chi connectivity index (χ3v) is 3.97. The van der Waals surface area contributed by atoms with E-state index in [1.807, 2.05) is 13.2 Å². The minimum Gasteiger partial charge on any atom is -0.446 e. The third kappa shape index (κ3) is 6.52. The predicted octanol–water partition coefficient (Wildman–Crippen LogP) is 3.13. The van der Waals surface area contributed by atoms with Gasteiger partial charge in [-0.2, -0.15) is 11.8 Å². The zero-order valence-electron chi connectivity index (χ0n) is 13.2. The Kier molecular flexibility index (Phi) is 8.45. The van der Waals surface area contributed by atoms with E-state index < -0.39 is 0 Å². The van der Waals surface area contributed by atoms with E-state index in [1.165, 1.54) is 19.1 Å². The monoisotopic (exact) mass is 313 g/mol. The lowest BCUT2D eigenvalue weighted by molar-refractivity contribution is 0.0933. The van der Waals surface area contributed by atoms with Crippen LogP contribution in [0.15, 0.2) is 10.7 Å². The van der Waals surface area contributed by atoms with Gasteiger partial charge in [-0.3, -0.25) is 4.79 Å². The molecular weight excluding hydrogens is 286 g/mol. The van der Waals surface area contributed by atoms with Crippen molar-refractivity contribution in [2.45, 2.75) is 58.0 Å². The summed E-state index contributed by atoms with van der Waals surface area (Å²) in [6.45, 7) is 4.18. The van der Waals surface area contributed by atoms with E-state index in [1.54, 1.807) is 11.8 Å². The molecule has 0 aliphatic rings. The molecule has 0 saturated carbocycles. The average molecular weight is 313 g/mol. The fourth-order valence-electron chi connectivity index (χ4n) is 2.00. The fourth-order valence-corrected chi connectivity index (χ4v) is 2.49. The molecule has 1 aromatic rings. The van der Waals surface area contributed by atoms with Crippen molar-refractivity contribution in [1.82, 2.24) is 10.3 Å². The number of hydrogen-bond acceptors (Lipinski definition) is 5. The summed E-state index contributed by atoms with van der Waals surface area (Å²) in [6.07, 6.45) is 8.69. The Balaban J connectivity index is 2.46. The Morgan fingerprint density at radius 3 is 2.90 bits per heavy atom. The number of carbonyl (C=O) groups is 1. The molecule has 1 aromatic heterocycles.